The van der Waals surface area contributed by atoms with E-state index in [0.29, 0.717) is 53.0 Å². The molecule has 3 aromatic rings. The highest BCUT2D eigenvalue weighted by Crippen LogP contribution is 2.40. The molecule has 9 heteroatoms. The Morgan fingerprint density at radius 2 is 2.03 bits per heavy atom. The van der Waals surface area contributed by atoms with Gasteiger partial charge in [0, 0.05) is 23.6 Å². The lowest BCUT2D eigenvalue weighted by Crippen LogP contribution is -2.36. The number of rotatable bonds is 8. The summed E-state index contributed by atoms with van der Waals surface area (Å²) in [7, 11) is 0. The fourth-order valence-electron chi connectivity index (χ4n) is 4.09. The molecule has 1 fully saturated rings. The largest absolute Gasteiger partial charge is 0.507 e. The number of H-pyrrole nitrogens is 1. The van der Waals surface area contributed by atoms with Crippen LogP contribution in [-0.4, -0.2) is 39.8 Å². The number of ketones is 1. The number of aliphatic hydroxyl groups is 1. The summed E-state index contributed by atoms with van der Waals surface area (Å²) in [5, 5.41) is 11.9. The number of aliphatic hydroxyl groups excluding tert-OH is 1. The summed E-state index contributed by atoms with van der Waals surface area (Å²) in [5.41, 5.74) is 0.961. The first-order valence-corrected chi connectivity index (χ1v) is 11.6. The lowest BCUT2D eigenvalue weighted by atomic mass is 9.95. The van der Waals surface area contributed by atoms with Gasteiger partial charge in [0.2, 0.25) is 6.33 Å². The maximum absolute atomic E-state index is 13.1. The lowest BCUT2D eigenvalue weighted by Gasteiger charge is -2.25. The normalized spacial score (nSPS) is 17.4. The monoisotopic (exact) mass is 500 g/mol. The number of nitrogens with one attached hydrogen (secondary N) is 1. The molecule has 34 heavy (non-hydrogen) atoms. The van der Waals surface area contributed by atoms with E-state index in [0.717, 1.165) is 0 Å². The molecule has 0 spiro atoms. The Morgan fingerprint density at radius 3 is 2.71 bits per heavy atom. The summed E-state index contributed by atoms with van der Waals surface area (Å²) >= 11 is 12.5. The van der Waals surface area contributed by atoms with Crippen molar-refractivity contribution in [2.24, 2.45) is 0 Å². The van der Waals surface area contributed by atoms with Crippen molar-refractivity contribution in [1.82, 2.24) is 9.88 Å². The minimum atomic E-state index is -0.778. The molecule has 1 amide bonds. The van der Waals surface area contributed by atoms with Crippen LogP contribution in [0.15, 0.2) is 66.8 Å². The van der Waals surface area contributed by atoms with Crippen molar-refractivity contribution < 1.29 is 24.0 Å². The molecule has 1 unspecified atom stereocenters. The SMILES string of the molecule is CCOc1ccc(C(O)=C2C(=O)C(=O)N(CCC[n+]3cc[nH]c3)C2c2cccc(Cl)c2)cc1Cl. The van der Waals surface area contributed by atoms with Crippen LogP contribution in [0.5, 0.6) is 5.75 Å². The van der Waals surface area contributed by atoms with Gasteiger partial charge in [-0.15, -0.1) is 0 Å². The molecule has 4 rings (SSSR count). The van der Waals surface area contributed by atoms with E-state index >= 15 is 0 Å². The van der Waals surface area contributed by atoms with Crippen LogP contribution in [0.2, 0.25) is 10.0 Å². The molecular weight excluding hydrogens is 477 g/mol. The number of hydrogen-bond acceptors (Lipinski definition) is 4. The third-order valence-electron chi connectivity index (χ3n) is 5.63. The number of benzene rings is 2. The maximum atomic E-state index is 13.1. The van der Waals surface area contributed by atoms with Crippen LogP contribution >= 0.6 is 23.2 Å². The quantitative estimate of drug-likeness (QED) is 0.206. The van der Waals surface area contributed by atoms with Crippen LogP contribution in [0.1, 0.15) is 30.5 Å². The molecular formula is C25H24Cl2N3O4+. The minimum Gasteiger partial charge on any atom is -0.507 e. The number of likely N-dealkylation sites (tertiary alicyclic amines) is 1. The second-order valence-electron chi connectivity index (χ2n) is 7.83. The molecule has 0 saturated carbocycles. The van der Waals surface area contributed by atoms with Gasteiger partial charge in [-0.05, 0) is 42.8 Å². The third-order valence-corrected chi connectivity index (χ3v) is 6.16. The Bertz CT molecular complexity index is 1240. The number of carbonyl (C=O) groups is 2. The number of halogens is 2. The number of hydrogen-bond donors (Lipinski definition) is 2. The molecule has 1 saturated heterocycles. The van der Waals surface area contributed by atoms with Crippen molar-refractivity contribution in [1.29, 1.82) is 0 Å². The highest BCUT2D eigenvalue weighted by atomic mass is 35.5. The molecule has 1 aromatic heterocycles. The smallest absolute Gasteiger partial charge is 0.295 e. The molecule has 0 bridgehead atoms. The van der Waals surface area contributed by atoms with Crippen LogP contribution < -0.4 is 9.30 Å². The van der Waals surface area contributed by atoms with E-state index in [1.807, 2.05) is 24.0 Å². The zero-order valence-electron chi connectivity index (χ0n) is 18.5. The summed E-state index contributed by atoms with van der Waals surface area (Å²) in [4.78, 5) is 30.7. The third kappa shape index (κ3) is 4.81. The Hall–Kier alpha value is -3.29. The van der Waals surface area contributed by atoms with Crippen LogP contribution in [0.25, 0.3) is 5.76 Å². The molecule has 176 valence electrons. The number of aryl methyl sites for hydroxylation is 1. The summed E-state index contributed by atoms with van der Waals surface area (Å²) in [6.07, 6.45) is 6.12. The topological polar surface area (TPSA) is 86.5 Å². The van der Waals surface area contributed by atoms with E-state index < -0.39 is 17.7 Å². The van der Waals surface area contributed by atoms with Gasteiger partial charge >= 0.3 is 0 Å². The predicted molar refractivity (Wildman–Crippen MR) is 129 cm³/mol. The zero-order chi connectivity index (χ0) is 24.2. The van der Waals surface area contributed by atoms with Crippen molar-refractivity contribution in [3.05, 3.63) is 87.9 Å². The number of Topliss-reactive ketones (excluding diaryl/α,β-unsaturated/α-hetero) is 1. The summed E-state index contributed by atoms with van der Waals surface area (Å²) in [6.45, 7) is 3.25. The van der Waals surface area contributed by atoms with Gasteiger partial charge < -0.3 is 14.7 Å². The zero-order valence-corrected chi connectivity index (χ0v) is 20.0. The van der Waals surface area contributed by atoms with Gasteiger partial charge in [-0.1, -0.05) is 35.3 Å². The Labute approximate surface area is 207 Å². The summed E-state index contributed by atoms with van der Waals surface area (Å²) in [6, 6.07) is 10.9. The highest BCUT2D eigenvalue weighted by Gasteiger charge is 2.46. The van der Waals surface area contributed by atoms with Crippen molar-refractivity contribution in [3.8, 4) is 5.75 Å². The van der Waals surface area contributed by atoms with Gasteiger partial charge in [0.25, 0.3) is 11.7 Å². The van der Waals surface area contributed by atoms with Crippen LogP contribution in [-0.2, 0) is 16.1 Å². The second-order valence-corrected chi connectivity index (χ2v) is 8.67. The van der Waals surface area contributed by atoms with E-state index in [9.17, 15) is 14.7 Å². The van der Waals surface area contributed by atoms with Crippen LogP contribution in [0.3, 0.4) is 0 Å². The summed E-state index contributed by atoms with van der Waals surface area (Å²) in [5.74, 6) is -1.24. The van der Waals surface area contributed by atoms with Gasteiger partial charge in [0.15, 0.2) is 0 Å². The Kier molecular flexibility index (Phi) is 7.24. The van der Waals surface area contributed by atoms with Gasteiger partial charge in [0.1, 0.15) is 23.9 Å². The fraction of sp³-hybridized carbons (Fsp3) is 0.240. The van der Waals surface area contributed by atoms with E-state index in [2.05, 4.69) is 4.98 Å². The van der Waals surface area contributed by atoms with Gasteiger partial charge in [-0.2, -0.15) is 0 Å². The van der Waals surface area contributed by atoms with Crippen molar-refractivity contribution in [3.63, 3.8) is 0 Å². The van der Waals surface area contributed by atoms with Gasteiger partial charge in [-0.25, -0.2) is 4.57 Å². The molecule has 1 atom stereocenters. The average Bonchev–Trinajstić information content (AvgIpc) is 3.42. The first kappa shape index (κ1) is 23.9. The van der Waals surface area contributed by atoms with E-state index in [1.54, 1.807) is 42.6 Å². The van der Waals surface area contributed by atoms with E-state index in [1.165, 1.54) is 11.0 Å². The Balaban J connectivity index is 1.74. The number of aromatic amines is 1. The number of imidazole rings is 1. The fourth-order valence-corrected chi connectivity index (χ4v) is 4.53. The number of ether oxygens (including phenoxy) is 1. The molecule has 1 aliphatic heterocycles. The number of nitrogens with zero attached hydrogens (tertiary/aromatic N) is 2. The van der Waals surface area contributed by atoms with E-state index in [-0.39, 0.29) is 11.3 Å². The summed E-state index contributed by atoms with van der Waals surface area (Å²) < 4.78 is 7.40. The number of carbonyl (C=O) groups excluding carboxylic acids is 2. The first-order valence-electron chi connectivity index (χ1n) is 10.9. The van der Waals surface area contributed by atoms with Crippen LogP contribution in [0, 0.1) is 0 Å². The maximum Gasteiger partial charge on any atom is 0.295 e. The van der Waals surface area contributed by atoms with Crippen molar-refractivity contribution >= 4 is 40.7 Å². The molecule has 0 aliphatic carbocycles. The Morgan fingerprint density at radius 1 is 1.21 bits per heavy atom. The molecule has 7 nitrogen and oxygen atoms in total. The number of aromatic nitrogens is 2. The van der Waals surface area contributed by atoms with Crippen molar-refractivity contribution in [2.75, 3.05) is 13.2 Å². The highest BCUT2D eigenvalue weighted by molar-refractivity contribution is 6.46. The number of amides is 1. The van der Waals surface area contributed by atoms with Gasteiger partial charge in [-0.3, -0.25) is 14.6 Å². The molecule has 1 aliphatic rings. The van der Waals surface area contributed by atoms with Gasteiger partial charge in [0.05, 0.1) is 29.8 Å². The average molecular weight is 501 g/mol. The molecule has 2 N–H and O–H groups in total. The standard InChI is InChI=1S/C25H23Cl2N3O4/c1-2-34-20-8-7-17(14-19(20)27)23(31)21-22(16-5-3-6-18(26)13-16)30(25(33)24(21)32)11-4-10-29-12-9-28-15-29/h3,5-9,12-15,22H,2,4,10-11H2,1H3,(H,31,32)/p+1. The van der Waals surface area contributed by atoms with E-state index in [4.69, 9.17) is 27.9 Å². The molecule has 2 heterocycles. The molecule has 2 aromatic carbocycles. The van der Waals surface area contributed by atoms with Crippen LogP contribution in [0.4, 0.5) is 0 Å². The predicted octanol–water partition coefficient (Wildman–Crippen LogP) is 4.52. The minimum absolute atomic E-state index is 0.00166. The second kappa shape index (κ2) is 10.3. The molecule has 0 radical (unpaired) electrons. The van der Waals surface area contributed by atoms with Crippen molar-refractivity contribution in [2.45, 2.75) is 25.9 Å². The lowest BCUT2D eigenvalue weighted by molar-refractivity contribution is -0.695. The first-order chi connectivity index (χ1) is 16.4.